The topological polar surface area (TPSA) is 110 Å². The molecule has 11 heteroatoms. The predicted molar refractivity (Wildman–Crippen MR) is 116 cm³/mol. The number of rotatable bonds is 5. The first kappa shape index (κ1) is 19.4. The predicted octanol–water partition coefficient (Wildman–Crippen LogP) is 2.78. The third-order valence-corrected chi connectivity index (χ3v) is 7.33. The molecule has 1 N–H and O–H groups in total. The van der Waals surface area contributed by atoms with Crippen molar-refractivity contribution >= 4 is 33.7 Å². The SMILES string of the molecule is CCc1nn2c(=O)cc(CSc3nc(C4CCCCC4)nc4cc(=O)[nH]n34)nc2s1. The van der Waals surface area contributed by atoms with E-state index in [2.05, 4.69) is 20.2 Å². The van der Waals surface area contributed by atoms with Crippen LogP contribution in [0.15, 0.2) is 26.9 Å². The van der Waals surface area contributed by atoms with Crippen molar-refractivity contribution in [1.82, 2.24) is 34.2 Å². The molecule has 0 bridgehead atoms. The Bertz CT molecular complexity index is 1330. The molecule has 0 saturated heterocycles. The first-order valence-electron chi connectivity index (χ1n) is 10.1. The van der Waals surface area contributed by atoms with Crippen LogP contribution in [0.1, 0.15) is 61.5 Å². The lowest BCUT2D eigenvalue weighted by Gasteiger charge is -2.20. The normalized spacial score (nSPS) is 15.4. The number of hydrogen-bond acceptors (Lipinski definition) is 8. The summed E-state index contributed by atoms with van der Waals surface area (Å²) in [5.74, 6) is 1.59. The first-order chi connectivity index (χ1) is 14.6. The second-order valence-electron chi connectivity index (χ2n) is 7.43. The summed E-state index contributed by atoms with van der Waals surface area (Å²) in [7, 11) is 0. The molecule has 156 valence electrons. The van der Waals surface area contributed by atoms with Gasteiger partial charge in [-0.25, -0.2) is 19.5 Å². The minimum atomic E-state index is -0.207. The molecule has 4 aromatic rings. The summed E-state index contributed by atoms with van der Waals surface area (Å²) in [5.41, 5.74) is 0.853. The highest BCUT2D eigenvalue weighted by Gasteiger charge is 2.21. The number of aromatic amines is 1. The van der Waals surface area contributed by atoms with Crippen LogP contribution in [-0.2, 0) is 12.2 Å². The van der Waals surface area contributed by atoms with Gasteiger partial charge in [-0.1, -0.05) is 49.3 Å². The molecule has 5 rings (SSSR count). The van der Waals surface area contributed by atoms with Gasteiger partial charge in [-0.3, -0.25) is 14.7 Å². The van der Waals surface area contributed by atoms with Crippen molar-refractivity contribution in [3.8, 4) is 0 Å². The first-order valence-corrected chi connectivity index (χ1v) is 11.9. The molecule has 1 aliphatic carbocycles. The zero-order chi connectivity index (χ0) is 20.7. The molecular formula is C19H21N7O2S2. The Hall–Kier alpha value is -2.53. The van der Waals surface area contributed by atoms with E-state index in [1.807, 2.05) is 6.92 Å². The third-order valence-electron chi connectivity index (χ3n) is 5.30. The fourth-order valence-electron chi connectivity index (χ4n) is 3.79. The third kappa shape index (κ3) is 3.67. The van der Waals surface area contributed by atoms with E-state index in [0.29, 0.717) is 33.1 Å². The summed E-state index contributed by atoms with van der Waals surface area (Å²) in [6.45, 7) is 2.00. The van der Waals surface area contributed by atoms with Crippen molar-refractivity contribution in [2.45, 2.75) is 62.3 Å². The smallest absolute Gasteiger partial charge is 0.268 e. The van der Waals surface area contributed by atoms with Gasteiger partial charge in [0, 0.05) is 23.8 Å². The largest absolute Gasteiger partial charge is 0.275 e. The lowest BCUT2D eigenvalue weighted by Crippen LogP contribution is -2.15. The average molecular weight is 444 g/mol. The molecule has 4 aromatic heterocycles. The van der Waals surface area contributed by atoms with Gasteiger partial charge in [0.25, 0.3) is 11.1 Å². The Kier molecular flexibility index (Phi) is 5.15. The molecule has 0 atom stereocenters. The van der Waals surface area contributed by atoms with Crippen molar-refractivity contribution < 1.29 is 0 Å². The van der Waals surface area contributed by atoms with Crippen LogP contribution in [0, 0.1) is 0 Å². The van der Waals surface area contributed by atoms with E-state index >= 15 is 0 Å². The fourth-order valence-corrected chi connectivity index (χ4v) is 5.50. The second kappa shape index (κ2) is 7.95. The quantitative estimate of drug-likeness (QED) is 0.472. The molecule has 1 fully saturated rings. The van der Waals surface area contributed by atoms with Crippen LogP contribution in [0.5, 0.6) is 0 Å². The molecule has 4 heterocycles. The zero-order valence-corrected chi connectivity index (χ0v) is 18.1. The van der Waals surface area contributed by atoms with E-state index in [4.69, 9.17) is 4.98 Å². The summed E-state index contributed by atoms with van der Waals surface area (Å²) in [4.78, 5) is 38.9. The van der Waals surface area contributed by atoms with Crippen molar-refractivity contribution in [3.63, 3.8) is 0 Å². The molecule has 1 aliphatic rings. The second-order valence-corrected chi connectivity index (χ2v) is 9.41. The number of aromatic nitrogens is 7. The summed E-state index contributed by atoms with van der Waals surface area (Å²) in [5, 5.41) is 8.59. The summed E-state index contributed by atoms with van der Waals surface area (Å²) >= 11 is 2.87. The summed E-state index contributed by atoms with van der Waals surface area (Å²) in [6, 6.07) is 3.01. The number of H-pyrrole nitrogens is 1. The maximum absolute atomic E-state index is 12.4. The average Bonchev–Trinajstić information content (AvgIpc) is 3.35. The van der Waals surface area contributed by atoms with Gasteiger partial charge in [-0.2, -0.15) is 9.61 Å². The van der Waals surface area contributed by atoms with Crippen LogP contribution < -0.4 is 11.1 Å². The van der Waals surface area contributed by atoms with Crippen LogP contribution in [0.3, 0.4) is 0 Å². The van der Waals surface area contributed by atoms with Gasteiger partial charge >= 0.3 is 0 Å². The number of nitrogens with one attached hydrogen (secondary N) is 1. The van der Waals surface area contributed by atoms with E-state index in [9.17, 15) is 9.59 Å². The summed E-state index contributed by atoms with van der Waals surface area (Å²) in [6.07, 6.45) is 6.55. The molecule has 0 unspecified atom stereocenters. The van der Waals surface area contributed by atoms with Gasteiger partial charge in [0.1, 0.15) is 10.8 Å². The Labute approximate surface area is 179 Å². The number of fused-ring (bicyclic) bond motifs is 2. The highest BCUT2D eigenvalue weighted by molar-refractivity contribution is 7.98. The van der Waals surface area contributed by atoms with Gasteiger partial charge in [-0.05, 0) is 19.3 Å². The van der Waals surface area contributed by atoms with Crippen LogP contribution in [0.4, 0.5) is 0 Å². The number of thioether (sulfide) groups is 1. The van der Waals surface area contributed by atoms with Crippen LogP contribution in [0.2, 0.25) is 0 Å². The molecule has 9 nitrogen and oxygen atoms in total. The molecular weight excluding hydrogens is 422 g/mol. The fraction of sp³-hybridized carbons (Fsp3) is 0.474. The van der Waals surface area contributed by atoms with Gasteiger partial charge in [0.2, 0.25) is 4.96 Å². The highest BCUT2D eigenvalue weighted by Crippen LogP contribution is 2.32. The molecule has 0 spiro atoms. The molecule has 1 saturated carbocycles. The Morgan fingerprint density at radius 1 is 1.17 bits per heavy atom. The van der Waals surface area contributed by atoms with Gasteiger partial charge in [0.05, 0.1) is 5.69 Å². The van der Waals surface area contributed by atoms with Crippen molar-refractivity contribution in [3.05, 3.63) is 49.4 Å². The monoisotopic (exact) mass is 443 g/mol. The number of hydrogen-bond donors (Lipinski definition) is 1. The van der Waals surface area contributed by atoms with Gasteiger partial charge in [0.15, 0.2) is 10.8 Å². The maximum Gasteiger partial charge on any atom is 0.275 e. The van der Waals surface area contributed by atoms with E-state index in [0.717, 1.165) is 30.1 Å². The van der Waals surface area contributed by atoms with Crippen molar-refractivity contribution in [2.24, 2.45) is 0 Å². The number of nitrogens with zero attached hydrogens (tertiary/aromatic N) is 6. The summed E-state index contributed by atoms with van der Waals surface area (Å²) < 4.78 is 2.97. The van der Waals surface area contributed by atoms with E-state index < -0.39 is 0 Å². The Morgan fingerprint density at radius 2 is 2.00 bits per heavy atom. The lowest BCUT2D eigenvalue weighted by molar-refractivity contribution is 0.424. The molecule has 0 aromatic carbocycles. The Morgan fingerprint density at radius 3 is 2.80 bits per heavy atom. The van der Waals surface area contributed by atoms with Crippen molar-refractivity contribution in [2.75, 3.05) is 0 Å². The molecule has 0 radical (unpaired) electrons. The van der Waals surface area contributed by atoms with E-state index in [1.54, 1.807) is 4.52 Å². The zero-order valence-electron chi connectivity index (χ0n) is 16.5. The molecule has 0 amide bonds. The minimum Gasteiger partial charge on any atom is -0.268 e. The highest BCUT2D eigenvalue weighted by atomic mass is 32.2. The Balaban J connectivity index is 1.48. The van der Waals surface area contributed by atoms with Gasteiger partial charge < -0.3 is 0 Å². The van der Waals surface area contributed by atoms with Crippen LogP contribution >= 0.6 is 23.1 Å². The molecule has 0 aliphatic heterocycles. The van der Waals surface area contributed by atoms with Crippen molar-refractivity contribution in [1.29, 1.82) is 0 Å². The van der Waals surface area contributed by atoms with E-state index in [1.165, 1.54) is 59.0 Å². The lowest BCUT2D eigenvalue weighted by atomic mass is 9.89. The molecule has 30 heavy (non-hydrogen) atoms. The number of aryl methyl sites for hydroxylation is 1. The minimum absolute atomic E-state index is 0.184. The van der Waals surface area contributed by atoms with E-state index in [-0.39, 0.29) is 11.1 Å². The van der Waals surface area contributed by atoms with Crippen LogP contribution in [-0.4, -0.2) is 34.2 Å². The standard InChI is InChI=1S/C19H21N7O2S2/c1-2-15-24-26-16(28)8-12(20-19(26)30-15)10-29-18-22-17(11-6-4-3-5-7-11)21-13-9-14(27)23-25(13)18/h8-9,11H,2-7,10H2,1H3,(H,23,27). The van der Waals surface area contributed by atoms with Crippen LogP contribution in [0.25, 0.3) is 10.6 Å². The maximum atomic E-state index is 12.4. The van der Waals surface area contributed by atoms with Gasteiger partial charge in [-0.15, -0.1) is 0 Å².